The monoisotopic (exact) mass is 308 g/mol. The van der Waals surface area contributed by atoms with Crippen molar-refractivity contribution in [3.63, 3.8) is 0 Å². The highest BCUT2D eigenvalue weighted by molar-refractivity contribution is 5.49. The van der Waals surface area contributed by atoms with Crippen LogP contribution in [0.2, 0.25) is 0 Å². The van der Waals surface area contributed by atoms with Crippen molar-refractivity contribution in [1.29, 1.82) is 0 Å². The molecule has 1 heterocycles. The molecule has 22 heavy (non-hydrogen) atoms. The number of anilines is 1. The molecule has 1 aliphatic carbocycles. The number of aliphatic hydroxyl groups is 1. The van der Waals surface area contributed by atoms with Crippen LogP contribution in [0.25, 0.3) is 0 Å². The van der Waals surface area contributed by atoms with Crippen LogP contribution in [0.1, 0.15) is 37.8 Å². The number of nitrogens with one attached hydrogen (secondary N) is 1. The van der Waals surface area contributed by atoms with E-state index in [1.807, 2.05) is 24.0 Å². The zero-order chi connectivity index (χ0) is 15.6. The van der Waals surface area contributed by atoms with Gasteiger partial charge in [0, 0.05) is 25.7 Å². The molecule has 1 unspecified atom stereocenters. The van der Waals surface area contributed by atoms with Crippen molar-refractivity contribution in [2.75, 3.05) is 37.7 Å². The molecule has 5 heteroatoms. The van der Waals surface area contributed by atoms with Crippen LogP contribution in [0.4, 0.5) is 10.1 Å². The molecule has 122 valence electrons. The molecule has 2 fully saturated rings. The average molecular weight is 308 g/mol. The maximum atomic E-state index is 14.4. The lowest BCUT2D eigenvalue weighted by molar-refractivity contribution is -0.0329. The summed E-state index contributed by atoms with van der Waals surface area (Å²) in [5.74, 6) is -0.185. The molecule has 3 rings (SSSR count). The van der Waals surface area contributed by atoms with Gasteiger partial charge < -0.3 is 20.1 Å². The highest BCUT2D eigenvalue weighted by Crippen LogP contribution is 2.31. The summed E-state index contributed by atoms with van der Waals surface area (Å²) in [6, 6.07) is 5.45. The van der Waals surface area contributed by atoms with Crippen molar-refractivity contribution < 1.29 is 14.2 Å². The number of morpholine rings is 1. The van der Waals surface area contributed by atoms with Crippen LogP contribution in [0, 0.1) is 5.82 Å². The van der Waals surface area contributed by atoms with Crippen LogP contribution in [-0.4, -0.2) is 43.6 Å². The summed E-state index contributed by atoms with van der Waals surface area (Å²) in [5.41, 5.74) is 1.01. The summed E-state index contributed by atoms with van der Waals surface area (Å²) in [5, 5.41) is 13.4. The van der Waals surface area contributed by atoms with Crippen molar-refractivity contribution in [3.05, 3.63) is 29.6 Å². The van der Waals surface area contributed by atoms with Crippen LogP contribution in [0.5, 0.6) is 0 Å². The summed E-state index contributed by atoms with van der Waals surface area (Å²) < 4.78 is 19.7. The van der Waals surface area contributed by atoms with Crippen LogP contribution in [0.15, 0.2) is 18.2 Å². The molecule has 0 aromatic heterocycles. The van der Waals surface area contributed by atoms with E-state index in [9.17, 15) is 9.50 Å². The molecule has 0 amide bonds. The summed E-state index contributed by atoms with van der Waals surface area (Å²) in [6.07, 6.45) is 2.81. The Kier molecular flexibility index (Phi) is 4.66. The molecule has 2 aliphatic rings. The second-order valence-electron chi connectivity index (χ2n) is 6.49. The smallest absolute Gasteiger partial charge is 0.146 e. The van der Waals surface area contributed by atoms with Crippen molar-refractivity contribution in [2.24, 2.45) is 0 Å². The number of nitrogens with zero attached hydrogens (tertiary/aromatic N) is 1. The first-order valence-electron chi connectivity index (χ1n) is 8.15. The molecule has 4 nitrogen and oxygen atoms in total. The molecular formula is C17H25FN2O2. The van der Waals surface area contributed by atoms with Crippen LogP contribution < -0.4 is 10.2 Å². The first-order valence-corrected chi connectivity index (χ1v) is 8.15. The fourth-order valence-electron chi connectivity index (χ4n) is 3.08. The van der Waals surface area contributed by atoms with E-state index < -0.39 is 5.60 Å². The van der Waals surface area contributed by atoms with E-state index >= 15 is 0 Å². The van der Waals surface area contributed by atoms with Gasteiger partial charge in [0.1, 0.15) is 5.82 Å². The van der Waals surface area contributed by atoms with E-state index in [-0.39, 0.29) is 11.9 Å². The lowest BCUT2D eigenvalue weighted by atomic mass is 9.80. The molecular weight excluding hydrogens is 283 g/mol. The Labute approximate surface area is 131 Å². The second kappa shape index (κ2) is 6.52. The summed E-state index contributed by atoms with van der Waals surface area (Å²) in [7, 11) is 0. The number of halogens is 1. The first kappa shape index (κ1) is 15.7. The minimum absolute atomic E-state index is 0.0258. The predicted octanol–water partition coefficient (Wildman–Crippen LogP) is 2.23. The van der Waals surface area contributed by atoms with E-state index in [1.54, 1.807) is 6.07 Å². The zero-order valence-electron chi connectivity index (χ0n) is 13.1. The van der Waals surface area contributed by atoms with Gasteiger partial charge in [-0.25, -0.2) is 4.39 Å². The minimum Gasteiger partial charge on any atom is -0.389 e. The van der Waals surface area contributed by atoms with Gasteiger partial charge in [-0.3, -0.25) is 0 Å². The fourth-order valence-corrected chi connectivity index (χ4v) is 3.08. The molecule has 1 aromatic rings. The second-order valence-corrected chi connectivity index (χ2v) is 6.49. The summed E-state index contributed by atoms with van der Waals surface area (Å²) >= 11 is 0. The van der Waals surface area contributed by atoms with Crippen molar-refractivity contribution in [1.82, 2.24) is 5.32 Å². The Morgan fingerprint density at radius 1 is 1.36 bits per heavy atom. The summed E-state index contributed by atoms with van der Waals surface area (Å²) in [6.45, 7) is 5.34. The molecule has 2 N–H and O–H groups in total. The lowest BCUT2D eigenvalue weighted by Gasteiger charge is -2.37. The average Bonchev–Trinajstić information content (AvgIpc) is 2.51. The molecule has 1 atom stereocenters. The number of benzene rings is 1. The molecule has 0 radical (unpaired) electrons. The lowest BCUT2D eigenvalue weighted by Crippen LogP contribution is -2.46. The van der Waals surface area contributed by atoms with Gasteiger partial charge in [0.15, 0.2) is 0 Å². The molecule has 1 saturated carbocycles. The Balaban J connectivity index is 1.62. The molecule has 1 aromatic carbocycles. The first-order chi connectivity index (χ1) is 10.6. The summed E-state index contributed by atoms with van der Waals surface area (Å²) in [4.78, 5) is 2.03. The normalized spacial score (nSPS) is 22.2. The highest BCUT2D eigenvalue weighted by Gasteiger charge is 2.34. The topological polar surface area (TPSA) is 44.7 Å². The fraction of sp³-hybridized carbons (Fsp3) is 0.647. The van der Waals surface area contributed by atoms with Crippen molar-refractivity contribution in [3.8, 4) is 0 Å². The largest absolute Gasteiger partial charge is 0.389 e. The molecule has 1 aliphatic heterocycles. The Morgan fingerprint density at radius 2 is 2.09 bits per heavy atom. The SMILES string of the molecule is CC(NCC1(O)CCC1)c1ccc(N2CCOCC2)c(F)c1. The molecule has 1 saturated heterocycles. The van der Waals surface area contributed by atoms with Gasteiger partial charge in [-0.15, -0.1) is 0 Å². The molecule has 0 spiro atoms. The van der Waals surface area contributed by atoms with Gasteiger partial charge in [0.2, 0.25) is 0 Å². The predicted molar refractivity (Wildman–Crippen MR) is 84.7 cm³/mol. The van der Waals surface area contributed by atoms with Gasteiger partial charge >= 0.3 is 0 Å². The number of rotatable bonds is 5. The van der Waals surface area contributed by atoms with E-state index in [0.29, 0.717) is 25.4 Å². The van der Waals surface area contributed by atoms with Gasteiger partial charge in [-0.05, 0) is 43.9 Å². The number of hydrogen-bond donors (Lipinski definition) is 2. The maximum Gasteiger partial charge on any atom is 0.146 e. The van der Waals surface area contributed by atoms with Crippen molar-refractivity contribution in [2.45, 2.75) is 37.8 Å². The van der Waals surface area contributed by atoms with E-state index in [2.05, 4.69) is 5.32 Å². The van der Waals surface area contributed by atoms with Gasteiger partial charge in [0.05, 0.1) is 24.5 Å². The van der Waals surface area contributed by atoms with Gasteiger partial charge in [0.25, 0.3) is 0 Å². The van der Waals surface area contributed by atoms with Crippen LogP contribution in [-0.2, 0) is 4.74 Å². The van der Waals surface area contributed by atoms with Crippen molar-refractivity contribution >= 4 is 5.69 Å². The number of ether oxygens (including phenoxy) is 1. The van der Waals surface area contributed by atoms with E-state index in [1.165, 1.54) is 0 Å². The highest BCUT2D eigenvalue weighted by atomic mass is 19.1. The molecule has 0 bridgehead atoms. The third kappa shape index (κ3) is 3.42. The van der Waals surface area contributed by atoms with E-state index in [0.717, 1.165) is 37.9 Å². The van der Waals surface area contributed by atoms with Crippen LogP contribution in [0.3, 0.4) is 0 Å². The zero-order valence-corrected chi connectivity index (χ0v) is 13.1. The standard InChI is InChI=1S/C17H25FN2O2/c1-13(19-12-17(21)5-2-6-17)14-3-4-16(15(18)11-14)20-7-9-22-10-8-20/h3-4,11,13,19,21H,2,5-10,12H2,1H3. The van der Waals surface area contributed by atoms with E-state index in [4.69, 9.17) is 4.74 Å². The Hall–Kier alpha value is -1.17. The maximum absolute atomic E-state index is 14.4. The third-order valence-electron chi connectivity index (χ3n) is 4.85. The minimum atomic E-state index is -0.555. The number of hydrogen-bond acceptors (Lipinski definition) is 4. The third-order valence-corrected chi connectivity index (χ3v) is 4.85. The Morgan fingerprint density at radius 3 is 2.68 bits per heavy atom. The van der Waals surface area contributed by atoms with Gasteiger partial charge in [-0.1, -0.05) is 6.07 Å². The quantitative estimate of drug-likeness (QED) is 0.875. The van der Waals surface area contributed by atoms with Gasteiger partial charge in [-0.2, -0.15) is 0 Å². The van der Waals surface area contributed by atoms with Crippen LogP contribution >= 0.6 is 0 Å². The Bertz CT molecular complexity index is 513.